The average Bonchev–Trinajstić information content (AvgIpc) is 2.19. The molecule has 0 aliphatic heterocycles. The van der Waals surface area contributed by atoms with E-state index in [-0.39, 0.29) is 0 Å². The van der Waals surface area contributed by atoms with Gasteiger partial charge in [0.1, 0.15) is 6.33 Å². The molecule has 8 heavy (non-hydrogen) atoms. The molecule has 4 nitrogen and oxygen atoms in total. The van der Waals surface area contributed by atoms with Crippen molar-refractivity contribution >= 4 is 23.7 Å². The zero-order chi connectivity index (χ0) is 5.82. The number of nitrogens with one attached hydrogen (secondary N) is 2. The Hall–Kier alpha value is -0.970. The predicted octanol–water partition coefficient (Wildman–Crippen LogP) is 0.174. The van der Waals surface area contributed by atoms with Crippen molar-refractivity contribution in [3.8, 4) is 0 Å². The molecule has 0 atom stereocenters. The zero-order valence-electron chi connectivity index (χ0n) is 3.96. The second kappa shape index (κ2) is 2.37. The van der Waals surface area contributed by atoms with Gasteiger partial charge in [-0.3, -0.25) is 0 Å². The summed E-state index contributed by atoms with van der Waals surface area (Å²) in [4.78, 5) is 3.73. The Bertz CT molecular complexity index is 158. The van der Waals surface area contributed by atoms with Crippen LogP contribution in [0.4, 0.5) is 5.95 Å². The third kappa shape index (κ3) is 1.00. The van der Waals surface area contributed by atoms with Gasteiger partial charge >= 0.3 is 0 Å². The van der Waals surface area contributed by atoms with Crippen molar-refractivity contribution in [3.63, 3.8) is 0 Å². The smallest absolute Gasteiger partial charge is 0.223 e. The van der Waals surface area contributed by atoms with Crippen LogP contribution in [0.25, 0.3) is 0 Å². The quantitative estimate of drug-likeness (QED) is 0.557. The third-order valence-corrected chi connectivity index (χ3v) is 0.729. The van der Waals surface area contributed by atoms with Crippen LogP contribution in [0.1, 0.15) is 0 Å². The molecule has 1 rings (SSSR count). The van der Waals surface area contributed by atoms with Crippen LogP contribution in [0.3, 0.4) is 0 Å². The first-order valence-electron chi connectivity index (χ1n) is 1.99. The summed E-state index contributed by atoms with van der Waals surface area (Å²) in [5.74, 6) is 0.569. The van der Waals surface area contributed by atoms with Gasteiger partial charge in [-0.05, 0) is 0 Å². The van der Waals surface area contributed by atoms with E-state index in [0.717, 1.165) is 0 Å². The maximum atomic E-state index is 4.48. The Kier molecular flexibility index (Phi) is 1.53. The van der Waals surface area contributed by atoms with Gasteiger partial charge in [-0.1, -0.05) is 12.2 Å². The van der Waals surface area contributed by atoms with Crippen LogP contribution in [0.15, 0.2) is 6.33 Å². The number of nitrogens with zero attached hydrogens (tertiary/aromatic N) is 2. The van der Waals surface area contributed by atoms with E-state index in [0.29, 0.717) is 5.95 Å². The van der Waals surface area contributed by atoms with Crippen LogP contribution >= 0.6 is 12.2 Å². The van der Waals surface area contributed by atoms with Gasteiger partial charge in [0.25, 0.3) is 0 Å². The lowest BCUT2D eigenvalue weighted by molar-refractivity contribution is 1.10. The van der Waals surface area contributed by atoms with Crippen LogP contribution in [-0.2, 0) is 0 Å². The number of aromatic amines is 1. The highest BCUT2D eigenvalue weighted by Gasteiger charge is 1.84. The van der Waals surface area contributed by atoms with Crippen LogP contribution in [0.2, 0.25) is 0 Å². The fourth-order valence-corrected chi connectivity index (χ4v) is 0.442. The van der Waals surface area contributed by atoms with Crippen molar-refractivity contribution in [2.75, 3.05) is 5.32 Å². The summed E-state index contributed by atoms with van der Waals surface area (Å²) in [5, 5.41) is 8.79. The Morgan fingerprint density at radius 3 is 3.25 bits per heavy atom. The van der Waals surface area contributed by atoms with Crippen molar-refractivity contribution in [1.29, 1.82) is 0 Å². The first-order valence-corrected chi connectivity index (χ1v) is 2.46. The standard InChI is InChI=1S/C3H4N4S/c8-2-5-3-4-1-6-7-3/h1-2H,(H2,4,5,6,7,8). The molecule has 0 bridgehead atoms. The molecule has 0 aliphatic carbocycles. The van der Waals surface area contributed by atoms with Crippen molar-refractivity contribution in [2.24, 2.45) is 0 Å². The van der Waals surface area contributed by atoms with E-state index < -0.39 is 0 Å². The highest BCUT2D eigenvalue weighted by molar-refractivity contribution is 7.79. The molecule has 2 N–H and O–H groups in total. The summed E-state index contributed by atoms with van der Waals surface area (Å²) in [6.45, 7) is 0. The van der Waals surface area contributed by atoms with Crippen molar-refractivity contribution < 1.29 is 0 Å². The molecule has 42 valence electrons. The zero-order valence-corrected chi connectivity index (χ0v) is 4.77. The van der Waals surface area contributed by atoms with Gasteiger partial charge in [0, 0.05) is 0 Å². The molecule has 0 aliphatic rings. The van der Waals surface area contributed by atoms with Crippen molar-refractivity contribution in [3.05, 3.63) is 6.33 Å². The fourth-order valence-electron chi connectivity index (χ4n) is 0.331. The van der Waals surface area contributed by atoms with Crippen molar-refractivity contribution in [1.82, 2.24) is 15.2 Å². The van der Waals surface area contributed by atoms with E-state index in [4.69, 9.17) is 0 Å². The van der Waals surface area contributed by atoms with E-state index in [1.165, 1.54) is 11.8 Å². The summed E-state index contributed by atoms with van der Waals surface area (Å²) in [6.07, 6.45) is 1.40. The summed E-state index contributed by atoms with van der Waals surface area (Å²) in [7, 11) is 0. The Morgan fingerprint density at radius 2 is 2.75 bits per heavy atom. The van der Waals surface area contributed by atoms with E-state index in [1.54, 1.807) is 0 Å². The molecule has 1 aromatic rings. The maximum absolute atomic E-state index is 4.48. The Labute approximate surface area is 51.3 Å². The molecule has 0 unspecified atom stereocenters. The van der Waals surface area contributed by atoms with Gasteiger partial charge in [0.15, 0.2) is 0 Å². The number of aromatic nitrogens is 3. The van der Waals surface area contributed by atoms with Gasteiger partial charge in [-0.2, -0.15) is 10.1 Å². The summed E-state index contributed by atoms with van der Waals surface area (Å²) >= 11 is 4.48. The third-order valence-electron chi connectivity index (χ3n) is 0.611. The van der Waals surface area contributed by atoms with E-state index >= 15 is 0 Å². The molecular weight excluding hydrogens is 124 g/mol. The number of H-pyrrole nitrogens is 1. The molecule has 0 aromatic carbocycles. The van der Waals surface area contributed by atoms with Gasteiger partial charge in [0.05, 0.1) is 5.49 Å². The first-order chi connectivity index (χ1) is 3.93. The summed E-state index contributed by atoms with van der Waals surface area (Å²) < 4.78 is 0. The maximum Gasteiger partial charge on any atom is 0.223 e. The Morgan fingerprint density at radius 1 is 1.88 bits per heavy atom. The minimum Gasteiger partial charge on any atom is -0.322 e. The average molecular weight is 128 g/mol. The van der Waals surface area contributed by atoms with Crippen molar-refractivity contribution in [2.45, 2.75) is 0 Å². The monoisotopic (exact) mass is 128 g/mol. The van der Waals surface area contributed by atoms with Crippen LogP contribution < -0.4 is 5.32 Å². The van der Waals surface area contributed by atoms with Gasteiger partial charge in [0.2, 0.25) is 5.95 Å². The number of anilines is 1. The molecule has 0 saturated heterocycles. The Balaban J connectivity index is 2.62. The molecule has 0 amide bonds. The molecule has 0 fully saturated rings. The minimum atomic E-state index is 0.569. The largest absolute Gasteiger partial charge is 0.322 e. The fraction of sp³-hybridized carbons (Fsp3) is 0. The first kappa shape index (κ1) is 5.17. The molecule has 0 saturated carbocycles. The predicted molar refractivity (Wildman–Crippen MR) is 33.7 cm³/mol. The van der Waals surface area contributed by atoms with Crippen LogP contribution in [-0.4, -0.2) is 20.7 Å². The van der Waals surface area contributed by atoms with E-state index in [1.807, 2.05) is 0 Å². The van der Waals surface area contributed by atoms with Crippen LogP contribution in [0.5, 0.6) is 0 Å². The van der Waals surface area contributed by atoms with Gasteiger partial charge in [-0.25, -0.2) is 5.10 Å². The number of thiocarbonyl (C=S) groups is 1. The molecular formula is C3H4N4S. The second-order valence-electron chi connectivity index (χ2n) is 1.10. The topological polar surface area (TPSA) is 53.6 Å². The lowest BCUT2D eigenvalue weighted by Crippen LogP contribution is -1.92. The highest BCUT2D eigenvalue weighted by Crippen LogP contribution is 1.86. The lowest BCUT2D eigenvalue weighted by atomic mass is 11.0. The van der Waals surface area contributed by atoms with Gasteiger partial charge < -0.3 is 5.32 Å². The molecule has 0 radical (unpaired) electrons. The summed E-state index contributed by atoms with van der Waals surface area (Å²) in [6, 6.07) is 0. The molecule has 1 aromatic heterocycles. The molecule has 0 spiro atoms. The number of rotatable bonds is 2. The molecule has 1 heterocycles. The van der Waals surface area contributed by atoms with E-state index in [9.17, 15) is 0 Å². The minimum absolute atomic E-state index is 0.569. The van der Waals surface area contributed by atoms with Gasteiger partial charge in [-0.15, -0.1) is 0 Å². The summed E-state index contributed by atoms with van der Waals surface area (Å²) in [5.41, 5.74) is 1.36. The highest BCUT2D eigenvalue weighted by atomic mass is 32.1. The lowest BCUT2D eigenvalue weighted by Gasteiger charge is -1.85. The SMILES string of the molecule is S=CNc1ncn[nH]1. The van der Waals surface area contributed by atoms with Crippen LogP contribution in [0, 0.1) is 0 Å². The van der Waals surface area contributed by atoms with E-state index in [2.05, 4.69) is 32.7 Å². The number of hydrogen-bond acceptors (Lipinski definition) is 3. The molecule has 5 heteroatoms. The normalized spacial score (nSPS) is 8.50. The second-order valence-corrected chi connectivity index (χ2v) is 1.33. The number of hydrogen-bond donors (Lipinski definition) is 2.